The summed E-state index contributed by atoms with van der Waals surface area (Å²) in [4.78, 5) is 0. The minimum absolute atomic E-state index is 0.195. The molecule has 1 aromatic heterocycles. The third-order valence-corrected chi connectivity index (χ3v) is 6.16. The minimum atomic E-state index is -3.83. The number of sulfone groups is 1. The van der Waals surface area contributed by atoms with Crippen LogP contribution in [0.5, 0.6) is 0 Å². The van der Waals surface area contributed by atoms with Crippen LogP contribution in [0.3, 0.4) is 0 Å². The lowest BCUT2D eigenvalue weighted by Crippen LogP contribution is -2.15. The average Bonchev–Trinajstić information content (AvgIpc) is 3.08. The number of rotatable bonds is 8. The Morgan fingerprint density at radius 3 is 2.17 bits per heavy atom. The van der Waals surface area contributed by atoms with Crippen LogP contribution in [0, 0.1) is 0 Å². The fourth-order valence-electron chi connectivity index (χ4n) is 2.27. The molecule has 3 rings (SSSR count). The van der Waals surface area contributed by atoms with E-state index in [2.05, 4.69) is 14.9 Å². The zero-order chi connectivity index (χ0) is 20.9. The predicted octanol–water partition coefficient (Wildman–Crippen LogP) is 3.25. The molecule has 2 aromatic carbocycles. The lowest BCUT2D eigenvalue weighted by atomic mass is 10.2. The van der Waals surface area contributed by atoms with Crippen molar-refractivity contribution in [3.8, 4) is 0 Å². The summed E-state index contributed by atoms with van der Waals surface area (Å²) in [5, 5.41) is 8.75. The highest BCUT2D eigenvalue weighted by atomic mass is 35.5. The zero-order valence-electron chi connectivity index (χ0n) is 14.9. The summed E-state index contributed by atoms with van der Waals surface area (Å²) in [5.41, 5.74) is 1.05. The number of nitrogens with one attached hydrogen (secondary N) is 1. The maximum Gasteiger partial charge on any atom is 0.241 e. The second-order valence-corrected chi connectivity index (χ2v) is 10.0. The van der Waals surface area contributed by atoms with E-state index in [1.54, 1.807) is 24.3 Å². The van der Waals surface area contributed by atoms with Crippen LogP contribution in [-0.4, -0.2) is 27.0 Å². The Bertz CT molecular complexity index is 1210. The Kier molecular flexibility index (Phi) is 6.36. The third-order valence-electron chi connectivity index (χ3n) is 3.53. The van der Waals surface area contributed by atoms with Gasteiger partial charge in [-0.05, 0) is 35.9 Å². The highest BCUT2D eigenvalue weighted by Crippen LogP contribution is 2.17. The summed E-state index contributed by atoms with van der Waals surface area (Å²) in [5.74, 6) is -1.54. The van der Waals surface area contributed by atoms with Gasteiger partial charge in [-0.25, -0.2) is 16.8 Å². The lowest BCUT2D eigenvalue weighted by Gasteiger charge is -2.05. The molecular formula is C18H16ClN3O5S2. The molecule has 0 aliphatic heterocycles. The summed E-state index contributed by atoms with van der Waals surface area (Å²) >= 11 is 5.76. The van der Waals surface area contributed by atoms with Crippen molar-refractivity contribution in [3.05, 3.63) is 82.4 Å². The fraction of sp³-hybridized carbons (Fsp3) is 0.111. The summed E-state index contributed by atoms with van der Waals surface area (Å²) < 4.78 is 56.3. The van der Waals surface area contributed by atoms with E-state index in [4.69, 9.17) is 16.0 Å². The van der Waals surface area contributed by atoms with E-state index in [9.17, 15) is 16.8 Å². The molecule has 0 radical (unpaired) electrons. The van der Waals surface area contributed by atoms with Gasteiger partial charge in [0, 0.05) is 16.1 Å². The summed E-state index contributed by atoms with van der Waals surface area (Å²) in [6, 6.07) is 15.0. The van der Waals surface area contributed by atoms with Crippen LogP contribution in [0.1, 0.15) is 17.3 Å². The topological polar surface area (TPSA) is 119 Å². The molecule has 0 aliphatic carbocycles. The highest BCUT2D eigenvalue weighted by molar-refractivity contribution is 7.93. The van der Waals surface area contributed by atoms with Crippen molar-refractivity contribution < 1.29 is 21.3 Å². The van der Waals surface area contributed by atoms with Gasteiger partial charge in [-0.15, -0.1) is 10.2 Å². The standard InChI is InChI=1S/C18H16ClN3O5S2/c19-15-6-8-16(9-7-15)22-29(25,26)13-18-21-20-17(27-18)12-28(23,24)11-10-14-4-2-1-3-5-14/h1-11,22H,12-13H2/b11-10-. The van der Waals surface area contributed by atoms with Crippen LogP contribution >= 0.6 is 11.6 Å². The molecule has 11 heteroatoms. The van der Waals surface area contributed by atoms with E-state index in [1.807, 2.05) is 6.07 Å². The van der Waals surface area contributed by atoms with Crippen molar-refractivity contribution in [2.75, 3.05) is 4.72 Å². The van der Waals surface area contributed by atoms with Gasteiger partial charge in [0.1, 0.15) is 11.5 Å². The first-order valence-electron chi connectivity index (χ1n) is 8.24. The minimum Gasteiger partial charge on any atom is -0.423 e. The maximum atomic E-state index is 12.2. The second-order valence-electron chi connectivity index (χ2n) is 5.98. The van der Waals surface area contributed by atoms with Gasteiger partial charge in [0.15, 0.2) is 9.84 Å². The molecule has 1 heterocycles. The van der Waals surface area contributed by atoms with Crippen LogP contribution < -0.4 is 4.72 Å². The van der Waals surface area contributed by atoms with E-state index in [0.717, 1.165) is 11.0 Å². The molecule has 0 fully saturated rings. The van der Waals surface area contributed by atoms with Crippen molar-refractivity contribution in [2.45, 2.75) is 11.5 Å². The van der Waals surface area contributed by atoms with E-state index < -0.39 is 31.4 Å². The monoisotopic (exact) mass is 453 g/mol. The Morgan fingerprint density at radius 2 is 1.52 bits per heavy atom. The van der Waals surface area contributed by atoms with Crippen molar-refractivity contribution in [2.24, 2.45) is 0 Å². The zero-order valence-corrected chi connectivity index (χ0v) is 17.3. The molecule has 0 amide bonds. The first-order chi connectivity index (χ1) is 13.7. The van der Waals surface area contributed by atoms with E-state index in [-0.39, 0.29) is 11.8 Å². The van der Waals surface area contributed by atoms with Crippen LogP contribution in [-0.2, 0) is 31.4 Å². The van der Waals surface area contributed by atoms with Crippen molar-refractivity contribution in [1.29, 1.82) is 0 Å². The Hall–Kier alpha value is -2.69. The number of nitrogens with zero attached hydrogens (tertiary/aromatic N) is 2. The van der Waals surface area contributed by atoms with E-state index in [1.165, 1.54) is 30.3 Å². The van der Waals surface area contributed by atoms with Gasteiger partial charge in [0.2, 0.25) is 21.8 Å². The summed E-state index contributed by atoms with van der Waals surface area (Å²) in [6.07, 6.45) is 1.45. The molecule has 0 unspecified atom stereocenters. The molecule has 0 spiro atoms. The quantitative estimate of drug-likeness (QED) is 0.555. The largest absolute Gasteiger partial charge is 0.423 e. The summed E-state index contributed by atoms with van der Waals surface area (Å²) in [7, 11) is -7.50. The number of halogens is 1. The first kappa shape index (κ1) is 21.0. The number of benzene rings is 2. The van der Waals surface area contributed by atoms with Gasteiger partial charge in [-0.3, -0.25) is 4.72 Å². The number of hydrogen-bond acceptors (Lipinski definition) is 7. The van der Waals surface area contributed by atoms with Crippen LogP contribution in [0.15, 0.2) is 64.4 Å². The number of anilines is 1. The Labute approximate surface area is 173 Å². The lowest BCUT2D eigenvalue weighted by molar-refractivity contribution is 0.473. The van der Waals surface area contributed by atoms with Gasteiger partial charge < -0.3 is 4.42 Å². The number of sulfonamides is 1. The number of hydrogen-bond donors (Lipinski definition) is 1. The Morgan fingerprint density at radius 1 is 0.897 bits per heavy atom. The van der Waals surface area contributed by atoms with Gasteiger partial charge >= 0.3 is 0 Å². The van der Waals surface area contributed by atoms with Crippen LogP contribution in [0.25, 0.3) is 6.08 Å². The van der Waals surface area contributed by atoms with Crippen molar-refractivity contribution in [3.63, 3.8) is 0 Å². The molecule has 152 valence electrons. The molecular weight excluding hydrogens is 438 g/mol. The van der Waals surface area contributed by atoms with E-state index in [0.29, 0.717) is 10.7 Å². The van der Waals surface area contributed by atoms with E-state index >= 15 is 0 Å². The average molecular weight is 454 g/mol. The second kappa shape index (κ2) is 8.76. The molecule has 0 saturated heterocycles. The normalized spacial score (nSPS) is 12.3. The van der Waals surface area contributed by atoms with Gasteiger partial charge in [0.05, 0.1) is 0 Å². The smallest absolute Gasteiger partial charge is 0.241 e. The molecule has 0 aliphatic rings. The van der Waals surface area contributed by atoms with Crippen molar-refractivity contribution in [1.82, 2.24) is 10.2 Å². The Balaban J connectivity index is 1.64. The molecule has 0 atom stereocenters. The fourth-order valence-corrected chi connectivity index (χ4v) is 4.32. The van der Waals surface area contributed by atoms with Crippen molar-refractivity contribution >= 4 is 43.2 Å². The molecule has 8 nitrogen and oxygen atoms in total. The SMILES string of the molecule is O=S(=O)(/C=C\c1ccccc1)Cc1nnc(CS(=O)(=O)Nc2ccc(Cl)cc2)o1. The van der Waals surface area contributed by atoms with Gasteiger partial charge in [0.25, 0.3) is 0 Å². The molecule has 0 bridgehead atoms. The van der Waals surface area contributed by atoms with Crippen LogP contribution in [0.2, 0.25) is 5.02 Å². The highest BCUT2D eigenvalue weighted by Gasteiger charge is 2.19. The summed E-state index contributed by atoms with van der Waals surface area (Å²) in [6.45, 7) is 0. The predicted molar refractivity (Wildman–Crippen MR) is 110 cm³/mol. The number of aromatic nitrogens is 2. The molecule has 0 saturated carbocycles. The van der Waals surface area contributed by atoms with Gasteiger partial charge in [-0.2, -0.15) is 0 Å². The molecule has 1 N–H and O–H groups in total. The van der Waals surface area contributed by atoms with Gasteiger partial charge in [-0.1, -0.05) is 41.9 Å². The molecule has 3 aromatic rings. The maximum absolute atomic E-state index is 12.2. The third kappa shape index (κ3) is 6.70. The van der Waals surface area contributed by atoms with Crippen LogP contribution in [0.4, 0.5) is 5.69 Å². The molecule has 29 heavy (non-hydrogen) atoms. The first-order valence-corrected chi connectivity index (χ1v) is 12.0.